The number of ether oxygens (including phenoxy) is 1. The van der Waals surface area contributed by atoms with Crippen LogP contribution in [0, 0.1) is 0 Å². The van der Waals surface area contributed by atoms with Crippen LogP contribution in [-0.2, 0) is 0 Å². The van der Waals surface area contributed by atoms with E-state index in [9.17, 15) is 5.11 Å². The highest BCUT2D eigenvalue weighted by Crippen LogP contribution is 2.37. The molecule has 0 spiro atoms. The Morgan fingerprint density at radius 3 is 2.78 bits per heavy atom. The molecule has 1 N–H and O–H groups in total. The van der Waals surface area contributed by atoms with Crippen LogP contribution in [0.2, 0.25) is 0 Å². The molecule has 0 aliphatic carbocycles. The number of aliphatic hydroxyl groups excluding tert-OH is 1. The van der Waals surface area contributed by atoms with Crippen LogP contribution >= 0.6 is 0 Å². The number of hydrogen-bond donors (Lipinski definition) is 1. The number of piperidine rings is 1. The maximum Gasteiger partial charge on any atom is 0.126 e. The molecule has 0 bridgehead atoms. The minimum Gasteiger partial charge on any atom is -0.496 e. The first-order chi connectivity index (χ1) is 8.65. The van der Waals surface area contributed by atoms with Gasteiger partial charge in [0.15, 0.2) is 0 Å². The van der Waals surface area contributed by atoms with E-state index in [0.717, 1.165) is 23.5 Å². The second-order valence-corrected chi connectivity index (χ2v) is 5.11. The highest BCUT2D eigenvalue weighted by molar-refractivity contribution is 5.61. The molecule has 18 heavy (non-hydrogen) atoms. The fourth-order valence-electron chi connectivity index (χ4n) is 2.84. The molecule has 0 amide bonds. The lowest BCUT2D eigenvalue weighted by Gasteiger charge is -2.37. The maximum atomic E-state index is 10.0. The summed E-state index contributed by atoms with van der Waals surface area (Å²) in [6, 6.07) is 6.54. The number of nitrogens with zero attached hydrogens (tertiary/aromatic N) is 1. The summed E-state index contributed by atoms with van der Waals surface area (Å²) in [5.41, 5.74) is 2.03. The first-order valence-electron chi connectivity index (χ1n) is 6.76. The predicted molar refractivity (Wildman–Crippen MR) is 74.3 cm³/mol. The molecule has 1 aliphatic rings. The molecule has 0 aromatic heterocycles. The van der Waals surface area contributed by atoms with Crippen LogP contribution in [0.3, 0.4) is 0 Å². The third-order valence-electron chi connectivity index (χ3n) is 3.79. The second kappa shape index (κ2) is 5.61. The van der Waals surface area contributed by atoms with Gasteiger partial charge in [-0.2, -0.15) is 0 Å². The Balaban J connectivity index is 2.42. The number of hydrogen-bond acceptors (Lipinski definition) is 3. The standard InChI is InChI=1S/C15H23NO2/c1-11-7-4-5-10-16(11)13-8-6-9-14(18-3)15(13)12(2)17/h6,8-9,11-12,17H,4-5,7,10H2,1-3H3/t11?,12-/m1/s1. The molecule has 1 fully saturated rings. The topological polar surface area (TPSA) is 32.7 Å². The molecular weight excluding hydrogens is 226 g/mol. The largest absolute Gasteiger partial charge is 0.496 e. The number of benzene rings is 1. The van der Waals surface area contributed by atoms with Crippen LogP contribution in [0.25, 0.3) is 0 Å². The van der Waals surface area contributed by atoms with Gasteiger partial charge in [0.05, 0.1) is 13.2 Å². The minimum absolute atomic E-state index is 0.509. The van der Waals surface area contributed by atoms with Crippen LogP contribution in [-0.4, -0.2) is 24.8 Å². The average Bonchev–Trinajstić information content (AvgIpc) is 2.38. The molecule has 0 saturated carbocycles. The Bertz CT molecular complexity index is 403. The van der Waals surface area contributed by atoms with E-state index >= 15 is 0 Å². The summed E-state index contributed by atoms with van der Waals surface area (Å²) in [5.74, 6) is 0.778. The van der Waals surface area contributed by atoms with E-state index in [4.69, 9.17) is 4.74 Å². The molecule has 1 heterocycles. The van der Waals surface area contributed by atoms with E-state index in [-0.39, 0.29) is 0 Å². The fraction of sp³-hybridized carbons (Fsp3) is 0.600. The lowest BCUT2D eigenvalue weighted by molar-refractivity contribution is 0.194. The molecule has 2 atom stereocenters. The average molecular weight is 249 g/mol. The highest BCUT2D eigenvalue weighted by atomic mass is 16.5. The zero-order valence-corrected chi connectivity index (χ0v) is 11.5. The Morgan fingerprint density at radius 2 is 2.17 bits per heavy atom. The van der Waals surface area contributed by atoms with Gasteiger partial charge in [-0.1, -0.05) is 6.07 Å². The van der Waals surface area contributed by atoms with E-state index < -0.39 is 6.10 Å². The molecule has 1 aromatic carbocycles. The van der Waals surface area contributed by atoms with Gasteiger partial charge in [-0.3, -0.25) is 0 Å². The molecule has 3 nitrogen and oxygen atoms in total. The van der Waals surface area contributed by atoms with Crippen LogP contribution in [0.1, 0.15) is 44.8 Å². The smallest absolute Gasteiger partial charge is 0.126 e. The van der Waals surface area contributed by atoms with Crippen LogP contribution < -0.4 is 9.64 Å². The molecule has 1 unspecified atom stereocenters. The number of rotatable bonds is 3. The summed E-state index contributed by atoms with van der Waals surface area (Å²) in [6.07, 6.45) is 3.23. The van der Waals surface area contributed by atoms with Gasteiger partial charge in [0.1, 0.15) is 5.75 Å². The van der Waals surface area contributed by atoms with E-state index in [1.807, 2.05) is 12.1 Å². The molecule has 100 valence electrons. The van der Waals surface area contributed by atoms with Crippen molar-refractivity contribution >= 4 is 5.69 Å². The summed E-state index contributed by atoms with van der Waals surface area (Å²) < 4.78 is 5.39. The number of methoxy groups -OCH3 is 1. The van der Waals surface area contributed by atoms with Crippen molar-refractivity contribution in [3.05, 3.63) is 23.8 Å². The zero-order valence-electron chi connectivity index (χ0n) is 11.5. The van der Waals surface area contributed by atoms with E-state index in [0.29, 0.717) is 6.04 Å². The van der Waals surface area contributed by atoms with Crippen molar-refractivity contribution in [1.82, 2.24) is 0 Å². The quantitative estimate of drug-likeness (QED) is 0.893. The van der Waals surface area contributed by atoms with Gasteiger partial charge in [-0.05, 0) is 45.2 Å². The number of aliphatic hydroxyl groups is 1. The third-order valence-corrected chi connectivity index (χ3v) is 3.79. The normalized spacial score (nSPS) is 21.8. The van der Waals surface area contributed by atoms with Gasteiger partial charge in [0.25, 0.3) is 0 Å². The Labute approximate surface area is 109 Å². The van der Waals surface area contributed by atoms with Gasteiger partial charge in [0.2, 0.25) is 0 Å². The predicted octanol–water partition coefficient (Wildman–Crippen LogP) is 3.13. The van der Waals surface area contributed by atoms with Gasteiger partial charge in [-0.15, -0.1) is 0 Å². The molecular formula is C15H23NO2. The third kappa shape index (κ3) is 2.46. The van der Waals surface area contributed by atoms with Crippen LogP contribution in [0.4, 0.5) is 5.69 Å². The summed E-state index contributed by atoms with van der Waals surface area (Å²) >= 11 is 0. The summed E-state index contributed by atoms with van der Waals surface area (Å²) in [7, 11) is 1.66. The van der Waals surface area contributed by atoms with E-state index in [1.165, 1.54) is 19.3 Å². The lowest BCUT2D eigenvalue weighted by atomic mass is 9.99. The van der Waals surface area contributed by atoms with Crippen molar-refractivity contribution in [1.29, 1.82) is 0 Å². The maximum absolute atomic E-state index is 10.0. The van der Waals surface area contributed by atoms with Crippen LogP contribution in [0.5, 0.6) is 5.75 Å². The second-order valence-electron chi connectivity index (χ2n) is 5.11. The zero-order chi connectivity index (χ0) is 13.1. The van der Waals surface area contributed by atoms with E-state index in [2.05, 4.69) is 17.9 Å². The summed E-state index contributed by atoms with van der Waals surface area (Å²) in [5, 5.41) is 10.0. The molecule has 0 radical (unpaired) electrons. The molecule has 1 aromatic rings. The van der Waals surface area contributed by atoms with Crippen molar-refractivity contribution in [3.8, 4) is 5.75 Å². The van der Waals surface area contributed by atoms with Gasteiger partial charge in [0, 0.05) is 23.8 Å². The Kier molecular flexibility index (Phi) is 4.12. The first kappa shape index (κ1) is 13.2. The van der Waals surface area contributed by atoms with Gasteiger partial charge in [-0.25, -0.2) is 0 Å². The Morgan fingerprint density at radius 1 is 1.39 bits per heavy atom. The monoisotopic (exact) mass is 249 g/mol. The fourth-order valence-corrected chi connectivity index (χ4v) is 2.84. The molecule has 3 heteroatoms. The van der Waals surface area contributed by atoms with Gasteiger partial charge < -0.3 is 14.7 Å². The molecule has 1 saturated heterocycles. The van der Waals surface area contributed by atoms with Gasteiger partial charge >= 0.3 is 0 Å². The first-order valence-corrected chi connectivity index (χ1v) is 6.76. The minimum atomic E-state index is -0.509. The Hall–Kier alpha value is -1.22. The SMILES string of the molecule is COc1cccc(N2CCCCC2C)c1[C@@H](C)O. The lowest BCUT2D eigenvalue weighted by Crippen LogP contribution is -2.38. The highest BCUT2D eigenvalue weighted by Gasteiger charge is 2.24. The summed E-state index contributed by atoms with van der Waals surface area (Å²) in [4.78, 5) is 2.40. The summed E-state index contributed by atoms with van der Waals surface area (Å²) in [6.45, 7) is 5.12. The molecule has 1 aliphatic heterocycles. The number of anilines is 1. The van der Waals surface area contributed by atoms with Crippen LogP contribution in [0.15, 0.2) is 18.2 Å². The molecule has 2 rings (SSSR count). The van der Waals surface area contributed by atoms with Crippen molar-refractivity contribution in [2.24, 2.45) is 0 Å². The van der Waals surface area contributed by atoms with E-state index in [1.54, 1.807) is 14.0 Å². The van der Waals surface area contributed by atoms with Crippen molar-refractivity contribution in [2.45, 2.75) is 45.3 Å². The van der Waals surface area contributed by atoms with Crippen molar-refractivity contribution in [3.63, 3.8) is 0 Å². The van der Waals surface area contributed by atoms with Crippen molar-refractivity contribution in [2.75, 3.05) is 18.6 Å². The van der Waals surface area contributed by atoms with Crippen molar-refractivity contribution < 1.29 is 9.84 Å².